The van der Waals surface area contributed by atoms with Crippen LogP contribution >= 0.6 is 0 Å². The molecule has 0 aromatic rings. The molecule has 108 valence electrons. The molecule has 2 aliphatic rings. The first-order valence-electron chi connectivity index (χ1n) is 6.99. The fraction of sp³-hybridized carbons (Fsp3) is 0.846. The van der Waals surface area contributed by atoms with Crippen LogP contribution in [0.2, 0.25) is 0 Å². The van der Waals surface area contributed by atoms with Crippen LogP contribution < -0.4 is 5.32 Å². The minimum Gasteiger partial charge on any atom is -0.480 e. The van der Waals surface area contributed by atoms with Crippen LogP contribution in [-0.4, -0.2) is 60.8 Å². The van der Waals surface area contributed by atoms with Crippen molar-refractivity contribution in [3.63, 3.8) is 0 Å². The van der Waals surface area contributed by atoms with Crippen molar-refractivity contribution in [2.45, 2.75) is 31.8 Å². The van der Waals surface area contributed by atoms with E-state index in [0.29, 0.717) is 13.1 Å². The van der Waals surface area contributed by atoms with Gasteiger partial charge >= 0.3 is 5.97 Å². The van der Waals surface area contributed by atoms with E-state index in [1.165, 1.54) is 0 Å². The molecule has 2 heterocycles. The van der Waals surface area contributed by atoms with Gasteiger partial charge in [0.2, 0.25) is 5.91 Å². The van der Waals surface area contributed by atoms with E-state index in [1.54, 1.807) is 0 Å². The standard InChI is InChI=1S/C13H22N2O4/c16-12(17)9-19-11-3-6-15(7-4-11)13(18)10-2-1-5-14-8-10/h10-11,14H,1-9H2,(H,16,17)/t10-/m0/s1. The molecule has 0 aromatic carbocycles. The topological polar surface area (TPSA) is 78.9 Å². The van der Waals surface area contributed by atoms with E-state index in [2.05, 4.69) is 5.32 Å². The SMILES string of the molecule is O=C(O)COC1CCN(C(=O)[C@H]2CCCNC2)CC1. The molecular weight excluding hydrogens is 248 g/mol. The van der Waals surface area contributed by atoms with Gasteiger partial charge in [-0.15, -0.1) is 0 Å². The first-order chi connectivity index (χ1) is 9.16. The number of ether oxygens (including phenoxy) is 1. The molecule has 0 radical (unpaired) electrons. The van der Waals surface area contributed by atoms with Crippen LogP contribution in [0, 0.1) is 5.92 Å². The summed E-state index contributed by atoms with van der Waals surface area (Å²) in [6, 6.07) is 0. The van der Waals surface area contributed by atoms with Crippen LogP contribution in [0.25, 0.3) is 0 Å². The Bertz CT molecular complexity index is 321. The Hall–Kier alpha value is -1.14. The Morgan fingerprint density at radius 1 is 1.26 bits per heavy atom. The third kappa shape index (κ3) is 4.18. The maximum Gasteiger partial charge on any atom is 0.329 e. The van der Waals surface area contributed by atoms with Crippen molar-refractivity contribution in [1.82, 2.24) is 10.2 Å². The molecule has 6 nitrogen and oxygen atoms in total. The molecule has 0 spiro atoms. The maximum atomic E-state index is 12.3. The van der Waals surface area contributed by atoms with Crippen LogP contribution in [0.5, 0.6) is 0 Å². The zero-order chi connectivity index (χ0) is 13.7. The normalized spacial score (nSPS) is 25.3. The van der Waals surface area contributed by atoms with Crippen LogP contribution in [0.3, 0.4) is 0 Å². The van der Waals surface area contributed by atoms with E-state index < -0.39 is 5.97 Å². The number of nitrogens with one attached hydrogen (secondary N) is 1. The van der Waals surface area contributed by atoms with E-state index in [9.17, 15) is 9.59 Å². The van der Waals surface area contributed by atoms with Crippen molar-refractivity contribution in [3.8, 4) is 0 Å². The molecule has 2 aliphatic heterocycles. The van der Waals surface area contributed by atoms with Gasteiger partial charge in [-0.2, -0.15) is 0 Å². The van der Waals surface area contributed by atoms with Gasteiger partial charge in [-0.3, -0.25) is 4.79 Å². The fourth-order valence-electron chi connectivity index (χ4n) is 2.75. The summed E-state index contributed by atoms with van der Waals surface area (Å²) in [5.41, 5.74) is 0. The van der Waals surface area contributed by atoms with Crippen LogP contribution in [0.4, 0.5) is 0 Å². The predicted octanol–water partition coefficient (Wildman–Crippen LogP) is 0.0782. The molecule has 0 aromatic heterocycles. The molecule has 2 N–H and O–H groups in total. The number of carbonyl (C=O) groups is 2. The predicted molar refractivity (Wildman–Crippen MR) is 68.8 cm³/mol. The van der Waals surface area contributed by atoms with Crippen molar-refractivity contribution in [2.75, 3.05) is 32.8 Å². The van der Waals surface area contributed by atoms with Gasteiger partial charge in [0.15, 0.2) is 0 Å². The van der Waals surface area contributed by atoms with E-state index in [4.69, 9.17) is 9.84 Å². The van der Waals surface area contributed by atoms with E-state index in [1.807, 2.05) is 4.90 Å². The molecule has 0 saturated carbocycles. The van der Waals surface area contributed by atoms with Gasteiger partial charge in [-0.25, -0.2) is 4.79 Å². The minimum atomic E-state index is -0.938. The molecule has 0 unspecified atom stereocenters. The number of carbonyl (C=O) groups excluding carboxylic acids is 1. The lowest BCUT2D eigenvalue weighted by molar-refractivity contribution is -0.147. The molecule has 6 heteroatoms. The highest BCUT2D eigenvalue weighted by Crippen LogP contribution is 2.19. The highest BCUT2D eigenvalue weighted by Gasteiger charge is 2.29. The number of hydrogen-bond donors (Lipinski definition) is 2. The summed E-state index contributed by atoms with van der Waals surface area (Å²) in [7, 11) is 0. The van der Waals surface area contributed by atoms with Crippen molar-refractivity contribution in [3.05, 3.63) is 0 Å². The highest BCUT2D eigenvalue weighted by atomic mass is 16.5. The third-order valence-corrected chi connectivity index (χ3v) is 3.84. The highest BCUT2D eigenvalue weighted by molar-refractivity contribution is 5.79. The number of rotatable bonds is 4. The number of amides is 1. The number of piperidine rings is 2. The number of likely N-dealkylation sites (tertiary alicyclic amines) is 1. The number of carboxylic acids is 1. The molecule has 19 heavy (non-hydrogen) atoms. The monoisotopic (exact) mass is 270 g/mol. The van der Waals surface area contributed by atoms with Crippen LogP contribution in [0.1, 0.15) is 25.7 Å². The molecule has 1 atom stereocenters. The van der Waals surface area contributed by atoms with Gasteiger partial charge in [0.05, 0.1) is 12.0 Å². The van der Waals surface area contributed by atoms with Crippen LogP contribution in [-0.2, 0) is 14.3 Å². The van der Waals surface area contributed by atoms with Gasteiger partial charge in [-0.1, -0.05) is 0 Å². The average molecular weight is 270 g/mol. The van der Waals surface area contributed by atoms with Gasteiger partial charge in [0.1, 0.15) is 6.61 Å². The van der Waals surface area contributed by atoms with Gasteiger partial charge in [0, 0.05) is 19.6 Å². The molecule has 0 bridgehead atoms. The van der Waals surface area contributed by atoms with Crippen molar-refractivity contribution in [2.24, 2.45) is 5.92 Å². The number of hydrogen-bond acceptors (Lipinski definition) is 4. The molecule has 0 aliphatic carbocycles. The fourth-order valence-corrected chi connectivity index (χ4v) is 2.75. The second-order valence-electron chi connectivity index (χ2n) is 5.27. The van der Waals surface area contributed by atoms with Crippen molar-refractivity contribution in [1.29, 1.82) is 0 Å². The Morgan fingerprint density at radius 2 is 2.00 bits per heavy atom. The second kappa shape index (κ2) is 6.86. The lowest BCUT2D eigenvalue weighted by atomic mass is 9.96. The van der Waals surface area contributed by atoms with E-state index in [0.717, 1.165) is 38.8 Å². The summed E-state index contributed by atoms with van der Waals surface area (Å²) in [6.45, 7) is 2.91. The largest absolute Gasteiger partial charge is 0.480 e. The Morgan fingerprint density at radius 3 is 2.58 bits per heavy atom. The Balaban J connectivity index is 1.72. The summed E-state index contributed by atoms with van der Waals surface area (Å²) in [5, 5.41) is 11.8. The van der Waals surface area contributed by atoms with Crippen molar-refractivity contribution < 1.29 is 19.4 Å². The molecular formula is C13H22N2O4. The third-order valence-electron chi connectivity index (χ3n) is 3.84. The Labute approximate surface area is 113 Å². The lowest BCUT2D eigenvalue weighted by Crippen LogP contribution is -2.47. The first kappa shape index (κ1) is 14.3. The summed E-state index contributed by atoms with van der Waals surface area (Å²) in [4.78, 5) is 24.6. The zero-order valence-electron chi connectivity index (χ0n) is 11.1. The summed E-state index contributed by atoms with van der Waals surface area (Å²) in [6.07, 6.45) is 3.48. The second-order valence-corrected chi connectivity index (χ2v) is 5.27. The summed E-state index contributed by atoms with van der Waals surface area (Å²) in [5.74, 6) is -0.582. The maximum absolute atomic E-state index is 12.3. The Kier molecular flexibility index (Phi) is 5.15. The molecule has 2 rings (SSSR count). The van der Waals surface area contributed by atoms with Gasteiger partial charge in [-0.05, 0) is 32.2 Å². The number of nitrogens with zero attached hydrogens (tertiary/aromatic N) is 1. The minimum absolute atomic E-state index is 0.0235. The smallest absolute Gasteiger partial charge is 0.329 e. The van der Waals surface area contributed by atoms with Gasteiger partial charge in [0.25, 0.3) is 0 Å². The molecule has 2 saturated heterocycles. The van der Waals surface area contributed by atoms with Crippen LogP contribution in [0.15, 0.2) is 0 Å². The first-order valence-corrected chi connectivity index (χ1v) is 6.99. The molecule has 2 fully saturated rings. The number of aliphatic carboxylic acids is 1. The zero-order valence-corrected chi connectivity index (χ0v) is 11.1. The summed E-state index contributed by atoms with van der Waals surface area (Å²) < 4.78 is 5.27. The van der Waals surface area contributed by atoms with E-state index >= 15 is 0 Å². The average Bonchev–Trinajstić information content (AvgIpc) is 2.46. The van der Waals surface area contributed by atoms with E-state index in [-0.39, 0.29) is 24.5 Å². The van der Waals surface area contributed by atoms with Gasteiger partial charge < -0.3 is 20.1 Å². The lowest BCUT2D eigenvalue weighted by Gasteiger charge is -2.35. The molecule has 1 amide bonds. The number of carboxylic acid groups (broad SMARTS) is 1. The summed E-state index contributed by atoms with van der Waals surface area (Å²) >= 11 is 0. The van der Waals surface area contributed by atoms with Crippen molar-refractivity contribution >= 4 is 11.9 Å². The quantitative estimate of drug-likeness (QED) is 0.756.